The number of rotatable bonds is 5. The van der Waals surface area contributed by atoms with Crippen molar-refractivity contribution in [1.82, 2.24) is 5.32 Å². The second-order valence-electron chi connectivity index (χ2n) is 3.70. The third kappa shape index (κ3) is 3.24. The molecular formula is C12H15N3O3. The van der Waals surface area contributed by atoms with Crippen molar-refractivity contribution in [2.75, 3.05) is 12.3 Å². The average Bonchev–Trinajstić information content (AvgIpc) is 2.30. The van der Waals surface area contributed by atoms with Crippen molar-refractivity contribution in [3.8, 4) is 5.75 Å². The van der Waals surface area contributed by atoms with E-state index in [4.69, 9.17) is 11.5 Å². The summed E-state index contributed by atoms with van der Waals surface area (Å²) in [5.41, 5.74) is 11.3. The molecule has 0 bridgehead atoms. The summed E-state index contributed by atoms with van der Waals surface area (Å²) in [5.74, 6) is -1.21. The lowest BCUT2D eigenvalue weighted by Gasteiger charge is -2.10. The van der Waals surface area contributed by atoms with Crippen LogP contribution >= 0.6 is 0 Å². The standard InChI is InChI=1S/C12H15N3O3/c1-2-3-15-10(17)5-7-4-8(16)6-9(11(7)13)12(14)18/h2,4,6,16H,1,3,5,13H2,(H2,14,18)(H,15,17). The van der Waals surface area contributed by atoms with Crippen LogP contribution in [0.25, 0.3) is 0 Å². The van der Waals surface area contributed by atoms with Gasteiger partial charge < -0.3 is 21.9 Å². The van der Waals surface area contributed by atoms with E-state index in [9.17, 15) is 14.7 Å². The van der Waals surface area contributed by atoms with Crippen LogP contribution in [0.2, 0.25) is 0 Å². The number of nitrogens with one attached hydrogen (secondary N) is 1. The number of phenolic OH excluding ortho intramolecular Hbond substituents is 1. The SMILES string of the molecule is C=CCNC(=O)Cc1cc(O)cc(C(N)=O)c1N. The monoisotopic (exact) mass is 249 g/mol. The number of carbonyl (C=O) groups is 2. The van der Waals surface area contributed by atoms with Crippen LogP contribution in [0.3, 0.4) is 0 Å². The van der Waals surface area contributed by atoms with E-state index in [0.29, 0.717) is 12.1 Å². The van der Waals surface area contributed by atoms with Crippen LogP contribution in [0.5, 0.6) is 5.75 Å². The quantitative estimate of drug-likeness (QED) is 0.331. The van der Waals surface area contributed by atoms with Gasteiger partial charge in [0.1, 0.15) is 5.75 Å². The molecule has 96 valence electrons. The Balaban J connectivity index is 2.98. The first-order valence-electron chi connectivity index (χ1n) is 5.24. The Labute approximate surface area is 104 Å². The van der Waals surface area contributed by atoms with Gasteiger partial charge in [-0.3, -0.25) is 9.59 Å². The topological polar surface area (TPSA) is 118 Å². The third-order valence-corrected chi connectivity index (χ3v) is 2.31. The molecule has 0 aliphatic heterocycles. The maximum absolute atomic E-state index is 11.5. The summed E-state index contributed by atoms with van der Waals surface area (Å²) >= 11 is 0. The number of phenols is 1. The Hall–Kier alpha value is -2.50. The number of hydrogen-bond acceptors (Lipinski definition) is 4. The van der Waals surface area contributed by atoms with E-state index in [1.807, 2.05) is 0 Å². The number of primary amides is 1. The molecule has 0 aliphatic rings. The minimum Gasteiger partial charge on any atom is -0.508 e. The fourth-order valence-corrected chi connectivity index (χ4v) is 1.47. The molecule has 0 fully saturated rings. The van der Waals surface area contributed by atoms with Crippen molar-refractivity contribution in [3.05, 3.63) is 35.9 Å². The zero-order valence-electron chi connectivity index (χ0n) is 9.77. The highest BCUT2D eigenvalue weighted by Gasteiger charge is 2.14. The summed E-state index contributed by atoms with van der Waals surface area (Å²) in [7, 11) is 0. The Kier molecular flexibility index (Phi) is 4.31. The highest BCUT2D eigenvalue weighted by Crippen LogP contribution is 2.24. The van der Waals surface area contributed by atoms with Crippen molar-refractivity contribution in [2.45, 2.75) is 6.42 Å². The van der Waals surface area contributed by atoms with Gasteiger partial charge in [0.25, 0.3) is 5.91 Å². The van der Waals surface area contributed by atoms with Crippen molar-refractivity contribution in [1.29, 1.82) is 0 Å². The number of aromatic hydroxyl groups is 1. The largest absolute Gasteiger partial charge is 0.508 e. The molecule has 1 aromatic rings. The lowest BCUT2D eigenvalue weighted by molar-refractivity contribution is -0.120. The number of amides is 2. The predicted molar refractivity (Wildman–Crippen MR) is 67.9 cm³/mol. The van der Waals surface area contributed by atoms with Gasteiger partial charge in [-0.15, -0.1) is 6.58 Å². The van der Waals surface area contributed by atoms with Gasteiger partial charge in [-0.25, -0.2) is 0 Å². The van der Waals surface area contributed by atoms with Gasteiger partial charge in [-0.1, -0.05) is 6.08 Å². The molecule has 0 heterocycles. The number of nitrogens with two attached hydrogens (primary N) is 2. The molecule has 0 spiro atoms. The van der Waals surface area contributed by atoms with Crippen LogP contribution in [0.15, 0.2) is 24.8 Å². The van der Waals surface area contributed by atoms with E-state index < -0.39 is 5.91 Å². The molecule has 0 radical (unpaired) electrons. The van der Waals surface area contributed by atoms with Crippen molar-refractivity contribution < 1.29 is 14.7 Å². The molecule has 0 saturated heterocycles. The molecule has 18 heavy (non-hydrogen) atoms. The van der Waals surface area contributed by atoms with Crippen molar-refractivity contribution >= 4 is 17.5 Å². The second-order valence-corrected chi connectivity index (χ2v) is 3.70. The number of anilines is 1. The van der Waals surface area contributed by atoms with E-state index in [1.54, 1.807) is 6.08 Å². The van der Waals surface area contributed by atoms with E-state index in [0.717, 1.165) is 0 Å². The highest BCUT2D eigenvalue weighted by atomic mass is 16.3. The molecule has 6 heteroatoms. The maximum Gasteiger partial charge on any atom is 0.250 e. The molecule has 0 unspecified atom stereocenters. The van der Waals surface area contributed by atoms with Crippen LogP contribution < -0.4 is 16.8 Å². The minimum absolute atomic E-state index is 0.00141. The number of hydrogen-bond donors (Lipinski definition) is 4. The Morgan fingerprint density at radius 3 is 2.67 bits per heavy atom. The minimum atomic E-state index is -0.754. The molecule has 1 aromatic carbocycles. The number of carbonyl (C=O) groups excluding carboxylic acids is 2. The summed E-state index contributed by atoms with van der Waals surface area (Å²) in [6, 6.07) is 2.50. The first kappa shape index (κ1) is 13.6. The van der Waals surface area contributed by atoms with Crippen LogP contribution in [0.4, 0.5) is 5.69 Å². The summed E-state index contributed by atoms with van der Waals surface area (Å²) in [6.45, 7) is 3.80. The maximum atomic E-state index is 11.5. The summed E-state index contributed by atoms with van der Waals surface area (Å²) in [4.78, 5) is 22.6. The first-order valence-corrected chi connectivity index (χ1v) is 5.24. The molecule has 0 saturated carbocycles. The zero-order chi connectivity index (χ0) is 13.7. The third-order valence-electron chi connectivity index (χ3n) is 2.31. The smallest absolute Gasteiger partial charge is 0.250 e. The predicted octanol–water partition coefficient (Wildman–Crippen LogP) is -0.0820. The summed E-state index contributed by atoms with van der Waals surface area (Å²) in [6.07, 6.45) is 1.49. The van der Waals surface area contributed by atoms with Gasteiger partial charge in [-0.2, -0.15) is 0 Å². The lowest BCUT2D eigenvalue weighted by atomic mass is 10.0. The Morgan fingerprint density at radius 1 is 1.44 bits per heavy atom. The van der Waals surface area contributed by atoms with Crippen LogP contribution in [0, 0.1) is 0 Å². The molecule has 1 rings (SSSR count). The van der Waals surface area contributed by atoms with Crippen molar-refractivity contribution in [3.63, 3.8) is 0 Å². The van der Waals surface area contributed by atoms with E-state index in [1.165, 1.54) is 12.1 Å². The molecule has 0 aromatic heterocycles. The number of benzene rings is 1. The summed E-state index contributed by atoms with van der Waals surface area (Å²) in [5, 5.41) is 12.0. The van der Waals surface area contributed by atoms with E-state index >= 15 is 0 Å². The van der Waals surface area contributed by atoms with E-state index in [-0.39, 0.29) is 29.3 Å². The molecule has 6 nitrogen and oxygen atoms in total. The van der Waals surface area contributed by atoms with Crippen LogP contribution in [-0.2, 0) is 11.2 Å². The van der Waals surface area contributed by atoms with Gasteiger partial charge >= 0.3 is 0 Å². The molecule has 6 N–H and O–H groups in total. The van der Waals surface area contributed by atoms with Gasteiger partial charge in [0, 0.05) is 12.2 Å². The van der Waals surface area contributed by atoms with Gasteiger partial charge in [0.05, 0.1) is 12.0 Å². The second kappa shape index (κ2) is 5.72. The summed E-state index contributed by atoms with van der Waals surface area (Å²) < 4.78 is 0. The molecule has 2 amide bonds. The van der Waals surface area contributed by atoms with Gasteiger partial charge in [0.2, 0.25) is 5.91 Å². The fraction of sp³-hybridized carbons (Fsp3) is 0.167. The Morgan fingerprint density at radius 2 is 2.11 bits per heavy atom. The van der Waals surface area contributed by atoms with Crippen LogP contribution in [0.1, 0.15) is 15.9 Å². The zero-order valence-corrected chi connectivity index (χ0v) is 9.77. The van der Waals surface area contributed by atoms with Crippen molar-refractivity contribution in [2.24, 2.45) is 5.73 Å². The van der Waals surface area contributed by atoms with Crippen LogP contribution in [-0.4, -0.2) is 23.5 Å². The molecular weight excluding hydrogens is 234 g/mol. The molecule has 0 atom stereocenters. The number of nitrogen functional groups attached to an aromatic ring is 1. The van der Waals surface area contributed by atoms with Gasteiger partial charge in [-0.05, 0) is 17.7 Å². The average molecular weight is 249 g/mol. The first-order chi connectivity index (χ1) is 8.45. The Bertz CT molecular complexity index is 498. The van der Waals surface area contributed by atoms with Gasteiger partial charge in [0.15, 0.2) is 0 Å². The van der Waals surface area contributed by atoms with E-state index in [2.05, 4.69) is 11.9 Å². The highest BCUT2D eigenvalue weighted by molar-refractivity contribution is 5.99. The lowest BCUT2D eigenvalue weighted by Crippen LogP contribution is -2.25. The molecule has 0 aliphatic carbocycles. The normalized spacial score (nSPS) is 9.78. The fourth-order valence-electron chi connectivity index (χ4n) is 1.47.